The Morgan fingerprint density at radius 1 is 0.724 bits per heavy atom. The van der Waals surface area contributed by atoms with Crippen molar-refractivity contribution < 1.29 is 28.5 Å². The van der Waals surface area contributed by atoms with Crippen molar-refractivity contribution in [2.24, 2.45) is 0 Å². The van der Waals surface area contributed by atoms with Crippen molar-refractivity contribution >= 4 is 11.9 Å². The molecule has 0 N–H and O–H groups in total. The van der Waals surface area contributed by atoms with Crippen molar-refractivity contribution in [3.63, 3.8) is 0 Å². The van der Waals surface area contributed by atoms with Gasteiger partial charge >= 0.3 is 11.9 Å². The minimum Gasteiger partial charge on any atom is -0.497 e. The monoisotopic (exact) mass is 392 g/mol. The second kappa shape index (κ2) is 9.94. The third kappa shape index (κ3) is 5.59. The second-order valence-corrected chi connectivity index (χ2v) is 5.91. The number of para-hydroxylation sites is 2. The van der Waals surface area contributed by atoms with Crippen molar-refractivity contribution in [2.45, 2.75) is 0 Å². The second-order valence-electron chi connectivity index (χ2n) is 5.91. The molecule has 0 radical (unpaired) electrons. The third-order valence-electron chi connectivity index (χ3n) is 3.96. The summed E-state index contributed by atoms with van der Waals surface area (Å²) in [6.07, 6.45) is 0. The summed E-state index contributed by atoms with van der Waals surface area (Å²) >= 11 is 0. The standard InChI is InChI=1S/C23H20O6/c1-26-18-13-11-17(12-14-18)22(24)29-21-10-6-5-9-20(21)23(25)28-16-15-27-19-7-3-2-4-8-19/h2-14H,15-16H2,1H3. The highest BCUT2D eigenvalue weighted by molar-refractivity contribution is 5.96. The number of benzene rings is 3. The van der Waals surface area contributed by atoms with Crippen molar-refractivity contribution in [1.29, 1.82) is 0 Å². The summed E-state index contributed by atoms with van der Waals surface area (Å²) < 4.78 is 21.2. The normalized spacial score (nSPS) is 10.1. The van der Waals surface area contributed by atoms with Crippen LogP contribution in [0.25, 0.3) is 0 Å². The van der Waals surface area contributed by atoms with Gasteiger partial charge in [-0.3, -0.25) is 0 Å². The Kier molecular flexibility index (Phi) is 6.84. The van der Waals surface area contributed by atoms with E-state index < -0.39 is 11.9 Å². The first-order valence-electron chi connectivity index (χ1n) is 8.97. The Balaban J connectivity index is 1.58. The number of carbonyl (C=O) groups is 2. The molecule has 0 atom stereocenters. The largest absolute Gasteiger partial charge is 0.497 e. The summed E-state index contributed by atoms with van der Waals surface area (Å²) in [5, 5.41) is 0. The molecule has 3 aromatic carbocycles. The lowest BCUT2D eigenvalue weighted by atomic mass is 10.2. The highest BCUT2D eigenvalue weighted by atomic mass is 16.6. The van der Waals surface area contributed by atoms with E-state index in [0.29, 0.717) is 17.1 Å². The summed E-state index contributed by atoms with van der Waals surface area (Å²) in [5.74, 6) is 0.267. The average Bonchev–Trinajstić information content (AvgIpc) is 2.77. The Hall–Kier alpha value is -3.80. The van der Waals surface area contributed by atoms with E-state index in [9.17, 15) is 9.59 Å². The van der Waals surface area contributed by atoms with Gasteiger partial charge in [-0.15, -0.1) is 0 Å². The van der Waals surface area contributed by atoms with Crippen LogP contribution in [0.1, 0.15) is 20.7 Å². The molecular weight excluding hydrogens is 372 g/mol. The summed E-state index contributed by atoms with van der Waals surface area (Å²) in [6, 6.07) is 22.1. The molecule has 0 unspecified atom stereocenters. The van der Waals surface area contributed by atoms with Crippen molar-refractivity contribution in [3.8, 4) is 17.2 Å². The van der Waals surface area contributed by atoms with Gasteiger partial charge in [-0.25, -0.2) is 9.59 Å². The van der Waals surface area contributed by atoms with E-state index in [1.54, 1.807) is 49.6 Å². The Morgan fingerprint density at radius 3 is 2.14 bits per heavy atom. The number of ether oxygens (including phenoxy) is 4. The average molecular weight is 392 g/mol. The van der Waals surface area contributed by atoms with Gasteiger partial charge < -0.3 is 18.9 Å². The van der Waals surface area contributed by atoms with Crippen molar-refractivity contribution in [3.05, 3.63) is 90.0 Å². The third-order valence-corrected chi connectivity index (χ3v) is 3.96. The van der Waals surface area contributed by atoms with Crippen LogP contribution in [0, 0.1) is 0 Å². The SMILES string of the molecule is COc1ccc(C(=O)Oc2ccccc2C(=O)OCCOc2ccccc2)cc1. The van der Waals surface area contributed by atoms with Gasteiger partial charge in [0.05, 0.1) is 12.7 Å². The number of esters is 2. The number of hydrogen-bond acceptors (Lipinski definition) is 6. The number of carbonyl (C=O) groups excluding carboxylic acids is 2. The molecule has 3 rings (SSSR count). The van der Waals surface area contributed by atoms with Crippen LogP contribution in [0.4, 0.5) is 0 Å². The van der Waals surface area contributed by atoms with Crippen LogP contribution in [-0.2, 0) is 4.74 Å². The molecule has 29 heavy (non-hydrogen) atoms. The molecule has 0 saturated carbocycles. The number of methoxy groups -OCH3 is 1. The van der Waals surface area contributed by atoms with E-state index in [0.717, 1.165) is 0 Å². The predicted octanol–water partition coefficient (Wildman–Crippen LogP) is 4.15. The zero-order valence-corrected chi connectivity index (χ0v) is 15.9. The lowest BCUT2D eigenvalue weighted by Crippen LogP contribution is -2.15. The van der Waals surface area contributed by atoms with E-state index in [2.05, 4.69) is 0 Å². The minimum atomic E-state index is -0.597. The van der Waals surface area contributed by atoms with Crippen molar-refractivity contribution in [1.82, 2.24) is 0 Å². The van der Waals surface area contributed by atoms with Crippen LogP contribution in [0.3, 0.4) is 0 Å². The Bertz CT molecular complexity index is 951. The number of hydrogen-bond donors (Lipinski definition) is 0. The molecule has 0 saturated heterocycles. The maximum Gasteiger partial charge on any atom is 0.343 e. The molecule has 0 aliphatic rings. The fraction of sp³-hybridized carbons (Fsp3) is 0.130. The molecular formula is C23H20O6. The number of rotatable bonds is 8. The molecule has 0 amide bonds. The molecule has 0 spiro atoms. The maximum absolute atomic E-state index is 12.4. The topological polar surface area (TPSA) is 71.1 Å². The fourth-order valence-corrected chi connectivity index (χ4v) is 2.50. The van der Waals surface area contributed by atoms with E-state index in [1.165, 1.54) is 6.07 Å². The van der Waals surface area contributed by atoms with E-state index >= 15 is 0 Å². The molecule has 6 nitrogen and oxygen atoms in total. The van der Waals surface area contributed by atoms with Crippen LogP contribution in [0.15, 0.2) is 78.9 Å². The molecule has 3 aromatic rings. The van der Waals surface area contributed by atoms with Gasteiger partial charge in [0.1, 0.15) is 36.0 Å². The summed E-state index contributed by atoms with van der Waals surface area (Å²) in [4.78, 5) is 24.8. The van der Waals surface area contributed by atoms with Crippen molar-refractivity contribution in [2.75, 3.05) is 20.3 Å². The van der Waals surface area contributed by atoms with E-state index in [4.69, 9.17) is 18.9 Å². The molecule has 0 aromatic heterocycles. The van der Waals surface area contributed by atoms with Crippen LogP contribution in [0.2, 0.25) is 0 Å². The first-order chi connectivity index (χ1) is 14.2. The lowest BCUT2D eigenvalue weighted by molar-refractivity contribution is 0.0445. The lowest BCUT2D eigenvalue weighted by Gasteiger charge is -2.11. The van der Waals surface area contributed by atoms with Crippen LogP contribution >= 0.6 is 0 Å². The smallest absolute Gasteiger partial charge is 0.343 e. The molecule has 0 fully saturated rings. The highest BCUT2D eigenvalue weighted by Crippen LogP contribution is 2.21. The first-order valence-corrected chi connectivity index (χ1v) is 8.97. The molecule has 0 heterocycles. The minimum absolute atomic E-state index is 0.0640. The molecule has 148 valence electrons. The van der Waals surface area contributed by atoms with Gasteiger partial charge in [0.2, 0.25) is 0 Å². The van der Waals surface area contributed by atoms with Crippen LogP contribution in [0.5, 0.6) is 17.2 Å². The van der Waals surface area contributed by atoms with Crippen LogP contribution in [-0.4, -0.2) is 32.3 Å². The first kappa shape index (κ1) is 19.9. The summed E-state index contributed by atoms with van der Waals surface area (Å²) in [5.41, 5.74) is 0.499. The maximum atomic E-state index is 12.4. The van der Waals surface area contributed by atoms with E-state index in [-0.39, 0.29) is 24.5 Å². The summed E-state index contributed by atoms with van der Waals surface area (Å²) in [7, 11) is 1.54. The van der Waals surface area contributed by atoms with E-state index in [1.807, 2.05) is 30.3 Å². The van der Waals surface area contributed by atoms with Gasteiger partial charge in [0.15, 0.2) is 0 Å². The summed E-state index contributed by atoms with van der Waals surface area (Å²) in [6.45, 7) is 0.276. The Morgan fingerprint density at radius 2 is 1.41 bits per heavy atom. The molecule has 0 aliphatic carbocycles. The van der Waals surface area contributed by atoms with Gasteiger partial charge in [0.25, 0.3) is 0 Å². The van der Waals surface area contributed by atoms with Gasteiger partial charge in [-0.05, 0) is 48.5 Å². The fourth-order valence-electron chi connectivity index (χ4n) is 2.50. The molecule has 6 heteroatoms. The predicted molar refractivity (Wildman–Crippen MR) is 107 cm³/mol. The molecule has 0 bridgehead atoms. The zero-order chi connectivity index (χ0) is 20.5. The van der Waals surface area contributed by atoms with Crippen LogP contribution < -0.4 is 14.2 Å². The Labute approximate surface area is 168 Å². The molecule has 0 aliphatic heterocycles. The quantitative estimate of drug-likeness (QED) is 0.326. The van der Waals surface area contributed by atoms with Gasteiger partial charge in [-0.1, -0.05) is 30.3 Å². The highest BCUT2D eigenvalue weighted by Gasteiger charge is 2.17. The van der Waals surface area contributed by atoms with Gasteiger partial charge in [0, 0.05) is 0 Å². The van der Waals surface area contributed by atoms with Gasteiger partial charge in [-0.2, -0.15) is 0 Å². The zero-order valence-electron chi connectivity index (χ0n) is 15.9.